The summed E-state index contributed by atoms with van der Waals surface area (Å²) in [5.74, 6) is 2.46. The van der Waals surface area contributed by atoms with Crippen LogP contribution in [0, 0.1) is 11.8 Å². The second kappa shape index (κ2) is 5.81. The van der Waals surface area contributed by atoms with Crippen LogP contribution in [0.5, 0.6) is 0 Å². The Hall–Kier alpha value is -0.630. The molecule has 1 aliphatic rings. The number of hydrogen-bond donors (Lipinski definition) is 1. The molecule has 0 N–H and O–H groups in total. The molecule has 0 fully saturated rings. The number of nitrogens with zero attached hydrogens (tertiary/aromatic N) is 1. The van der Waals surface area contributed by atoms with Crippen molar-refractivity contribution in [2.24, 2.45) is 11.8 Å². The molecule has 0 saturated carbocycles. The fraction of sp³-hybridized carbons (Fsp3) is 0.600. The van der Waals surface area contributed by atoms with Gasteiger partial charge in [-0.3, -0.25) is 0 Å². The second-order valence-electron chi connectivity index (χ2n) is 5.30. The Bertz CT molecular complexity index is 360. The number of benzene rings is 1. The summed E-state index contributed by atoms with van der Waals surface area (Å²) in [5, 5.41) is 0. The molecule has 2 unspecified atom stereocenters. The standard InChI is InChI=1S/C15H23NS/c1-3-13(11-17)10-16-9-12(2)8-14-6-4-5-7-15(14)16/h4-7,12-13,17H,3,8-11H2,1-2H3. The molecule has 0 saturated heterocycles. The zero-order valence-corrected chi connectivity index (χ0v) is 11.8. The Morgan fingerprint density at radius 3 is 2.88 bits per heavy atom. The SMILES string of the molecule is CCC(CS)CN1CC(C)Cc2ccccc21. The highest BCUT2D eigenvalue weighted by atomic mass is 32.1. The van der Waals surface area contributed by atoms with Crippen molar-refractivity contribution < 1.29 is 0 Å². The van der Waals surface area contributed by atoms with E-state index in [1.165, 1.54) is 30.6 Å². The number of rotatable bonds is 4. The minimum absolute atomic E-state index is 0.705. The molecule has 17 heavy (non-hydrogen) atoms. The fourth-order valence-corrected chi connectivity index (χ4v) is 3.08. The van der Waals surface area contributed by atoms with Crippen LogP contribution in [0.4, 0.5) is 5.69 Å². The molecule has 0 aromatic heterocycles. The lowest BCUT2D eigenvalue weighted by Gasteiger charge is -2.36. The maximum absolute atomic E-state index is 4.46. The molecule has 2 rings (SSSR count). The molecular weight excluding hydrogens is 226 g/mol. The Morgan fingerprint density at radius 2 is 2.18 bits per heavy atom. The minimum Gasteiger partial charge on any atom is -0.371 e. The van der Waals surface area contributed by atoms with Gasteiger partial charge in [0.1, 0.15) is 0 Å². The average Bonchev–Trinajstić information content (AvgIpc) is 2.35. The summed E-state index contributed by atoms with van der Waals surface area (Å²) >= 11 is 4.46. The molecule has 2 atom stereocenters. The molecular formula is C15H23NS. The fourth-order valence-electron chi connectivity index (χ4n) is 2.71. The second-order valence-corrected chi connectivity index (χ2v) is 5.66. The Kier molecular flexibility index (Phi) is 4.38. The maximum atomic E-state index is 4.46. The van der Waals surface area contributed by atoms with Gasteiger partial charge >= 0.3 is 0 Å². The van der Waals surface area contributed by atoms with Crippen molar-refractivity contribution in [2.45, 2.75) is 26.7 Å². The smallest absolute Gasteiger partial charge is 0.0399 e. The predicted molar refractivity (Wildman–Crippen MR) is 79.2 cm³/mol. The van der Waals surface area contributed by atoms with E-state index in [9.17, 15) is 0 Å². The van der Waals surface area contributed by atoms with Crippen LogP contribution in [0.3, 0.4) is 0 Å². The summed E-state index contributed by atoms with van der Waals surface area (Å²) in [6, 6.07) is 8.86. The molecule has 0 radical (unpaired) electrons. The summed E-state index contributed by atoms with van der Waals surface area (Å²) in [6.45, 7) is 6.97. The highest BCUT2D eigenvalue weighted by molar-refractivity contribution is 7.80. The van der Waals surface area contributed by atoms with E-state index >= 15 is 0 Å². The molecule has 0 amide bonds. The lowest BCUT2D eigenvalue weighted by Crippen LogP contribution is -2.38. The van der Waals surface area contributed by atoms with Gasteiger partial charge in [-0.1, -0.05) is 38.5 Å². The Morgan fingerprint density at radius 1 is 1.41 bits per heavy atom. The van der Waals surface area contributed by atoms with Gasteiger partial charge in [0.05, 0.1) is 0 Å². The van der Waals surface area contributed by atoms with Crippen LogP contribution in [0.25, 0.3) is 0 Å². The zero-order chi connectivity index (χ0) is 12.3. The third-order valence-electron chi connectivity index (χ3n) is 3.75. The monoisotopic (exact) mass is 249 g/mol. The third kappa shape index (κ3) is 2.98. The van der Waals surface area contributed by atoms with E-state index in [4.69, 9.17) is 0 Å². The van der Waals surface area contributed by atoms with E-state index in [1.807, 2.05) is 0 Å². The van der Waals surface area contributed by atoms with E-state index in [0.29, 0.717) is 5.92 Å². The molecule has 0 aliphatic carbocycles. The molecule has 1 aromatic carbocycles. The first-order chi connectivity index (χ1) is 8.24. The van der Waals surface area contributed by atoms with Crippen LogP contribution in [0.15, 0.2) is 24.3 Å². The highest BCUT2D eigenvalue weighted by Gasteiger charge is 2.22. The van der Waals surface area contributed by atoms with Crippen molar-refractivity contribution in [1.29, 1.82) is 0 Å². The van der Waals surface area contributed by atoms with Crippen LogP contribution in [-0.4, -0.2) is 18.8 Å². The number of para-hydroxylation sites is 1. The Balaban J connectivity index is 2.17. The van der Waals surface area contributed by atoms with E-state index in [0.717, 1.165) is 18.2 Å². The van der Waals surface area contributed by atoms with Crippen molar-refractivity contribution in [3.05, 3.63) is 29.8 Å². The van der Waals surface area contributed by atoms with Gasteiger partial charge in [-0.05, 0) is 35.6 Å². The van der Waals surface area contributed by atoms with Gasteiger partial charge in [-0.25, -0.2) is 0 Å². The van der Waals surface area contributed by atoms with Crippen LogP contribution in [0.2, 0.25) is 0 Å². The molecule has 94 valence electrons. The lowest BCUT2D eigenvalue weighted by molar-refractivity contribution is 0.483. The summed E-state index contributed by atoms with van der Waals surface area (Å²) in [4.78, 5) is 2.56. The van der Waals surface area contributed by atoms with Crippen LogP contribution < -0.4 is 4.90 Å². The van der Waals surface area contributed by atoms with Gasteiger partial charge in [-0.2, -0.15) is 12.6 Å². The number of anilines is 1. The highest BCUT2D eigenvalue weighted by Crippen LogP contribution is 2.30. The molecule has 0 spiro atoms. The number of fused-ring (bicyclic) bond motifs is 1. The average molecular weight is 249 g/mol. The van der Waals surface area contributed by atoms with E-state index in [2.05, 4.69) is 55.6 Å². The molecule has 1 aliphatic heterocycles. The maximum Gasteiger partial charge on any atom is 0.0399 e. The van der Waals surface area contributed by atoms with Gasteiger partial charge in [0.2, 0.25) is 0 Å². The first-order valence-corrected chi connectivity index (χ1v) is 7.31. The van der Waals surface area contributed by atoms with Crippen molar-refractivity contribution in [3.63, 3.8) is 0 Å². The predicted octanol–water partition coefficient (Wildman–Crippen LogP) is 3.64. The molecule has 1 heterocycles. The summed E-state index contributed by atoms with van der Waals surface area (Å²) in [5.41, 5.74) is 2.96. The zero-order valence-electron chi connectivity index (χ0n) is 10.9. The van der Waals surface area contributed by atoms with E-state index < -0.39 is 0 Å². The first kappa shape index (κ1) is 12.8. The molecule has 0 bridgehead atoms. The van der Waals surface area contributed by atoms with Gasteiger partial charge in [-0.15, -0.1) is 0 Å². The van der Waals surface area contributed by atoms with Gasteiger partial charge in [0.25, 0.3) is 0 Å². The molecule has 1 aromatic rings. The van der Waals surface area contributed by atoms with E-state index in [1.54, 1.807) is 0 Å². The van der Waals surface area contributed by atoms with Gasteiger partial charge in [0, 0.05) is 18.8 Å². The minimum atomic E-state index is 0.705. The van der Waals surface area contributed by atoms with Crippen LogP contribution in [-0.2, 0) is 6.42 Å². The van der Waals surface area contributed by atoms with Gasteiger partial charge < -0.3 is 4.90 Å². The number of thiol groups is 1. The quantitative estimate of drug-likeness (QED) is 0.797. The van der Waals surface area contributed by atoms with Crippen molar-refractivity contribution in [2.75, 3.05) is 23.7 Å². The molecule has 1 nitrogen and oxygen atoms in total. The van der Waals surface area contributed by atoms with Crippen molar-refractivity contribution >= 4 is 18.3 Å². The Labute approximate surface area is 111 Å². The lowest BCUT2D eigenvalue weighted by atomic mass is 9.93. The van der Waals surface area contributed by atoms with Gasteiger partial charge in [0.15, 0.2) is 0 Å². The first-order valence-electron chi connectivity index (χ1n) is 6.68. The molecule has 2 heteroatoms. The number of hydrogen-bond acceptors (Lipinski definition) is 2. The summed E-state index contributed by atoms with van der Waals surface area (Å²) in [7, 11) is 0. The normalized spacial score (nSPS) is 21.1. The largest absolute Gasteiger partial charge is 0.371 e. The van der Waals surface area contributed by atoms with Crippen molar-refractivity contribution in [3.8, 4) is 0 Å². The van der Waals surface area contributed by atoms with Crippen LogP contribution in [0.1, 0.15) is 25.8 Å². The summed E-state index contributed by atoms with van der Waals surface area (Å²) < 4.78 is 0. The van der Waals surface area contributed by atoms with Crippen LogP contribution >= 0.6 is 12.6 Å². The summed E-state index contributed by atoms with van der Waals surface area (Å²) in [6.07, 6.45) is 2.45. The van der Waals surface area contributed by atoms with E-state index in [-0.39, 0.29) is 0 Å². The van der Waals surface area contributed by atoms with Crippen molar-refractivity contribution in [1.82, 2.24) is 0 Å². The third-order valence-corrected chi connectivity index (χ3v) is 4.26. The topological polar surface area (TPSA) is 3.24 Å².